The van der Waals surface area contributed by atoms with E-state index in [1.54, 1.807) is 0 Å². The highest BCUT2D eigenvalue weighted by atomic mass is 32.2. The second kappa shape index (κ2) is 11.7. The molecule has 1 amide bonds. The van der Waals surface area contributed by atoms with Crippen molar-refractivity contribution in [3.05, 3.63) is 65.0 Å². The molecular weight excluding hydrogens is 420 g/mol. The molecule has 1 N–H and O–H groups in total. The largest absolute Gasteiger partial charge is 0.486 e. The van der Waals surface area contributed by atoms with Crippen LogP contribution in [0.3, 0.4) is 0 Å². The zero-order valence-corrected chi connectivity index (χ0v) is 20.2. The van der Waals surface area contributed by atoms with Crippen LogP contribution in [0.1, 0.15) is 50.2 Å². The molecule has 3 rings (SSSR count). The Morgan fingerprint density at radius 2 is 1.66 bits per heavy atom. The molecule has 2 aromatic carbocycles. The van der Waals surface area contributed by atoms with Crippen molar-refractivity contribution in [3.8, 4) is 5.75 Å². The highest BCUT2D eigenvalue weighted by Gasteiger charge is 2.15. The van der Waals surface area contributed by atoms with Crippen LogP contribution in [0.4, 0.5) is 5.69 Å². The molecule has 0 spiro atoms. The summed E-state index contributed by atoms with van der Waals surface area (Å²) in [7, 11) is 0. The Labute approximate surface area is 194 Å². The molecule has 0 unspecified atom stereocenters. The van der Waals surface area contributed by atoms with Gasteiger partial charge in [0.15, 0.2) is 11.0 Å². The molecule has 0 aliphatic heterocycles. The van der Waals surface area contributed by atoms with E-state index in [-0.39, 0.29) is 11.7 Å². The van der Waals surface area contributed by atoms with Crippen LogP contribution in [0.25, 0.3) is 0 Å². The maximum Gasteiger partial charge on any atom is 0.234 e. The minimum Gasteiger partial charge on any atom is -0.486 e. The third-order valence-electron chi connectivity index (χ3n) is 5.40. The lowest BCUT2D eigenvalue weighted by Gasteiger charge is -2.14. The molecule has 0 saturated carbocycles. The van der Waals surface area contributed by atoms with Gasteiger partial charge in [-0.25, -0.2) is 0 Å². The Hall–Kier alpha value is -2.80. The molecule has 7 heteroatoms. The molecule has 0 aliphatic rings. The first-order valence-electron chi connectivity index (χ1n) is 11.3. The van der Waals surface area contributed by atoms with E-state index < -0.39 is 0 Å². The van der Waals surface area contributed by atoms with Crippen molar-refractivity contribution >= 4 is 23.4 Å². The van der Waals surface area contributed by atoms with Crippen molar-refractivity contribution < 1.29 is 9.53 Å². The fourth-order valence-corrected chi connectivity index (χ4v) is 4.35. The quantitative estimate of drug-likeness (QED) is 0.400. The Kier molecular flexibility index (Phi) is 8.73. The third-order valence-corrected chi connectivity index (χ3v) is 6.37. The van der Waals surface area contributed by atoms with Crippen molar-refractivity contribution in [3.63, 3.8) is 0 Å². The molecule has 6 nitrogen and oxygen atoms in total. The van der Waals surface area contributed by atoms with Gasteiger partial charge in [0.1, 0.15) is 12.4 Å². The third kappa shape index (κ3) is 5.91. The van der Waals surface area contributed by atoms with Gasteiger partial charge in [0.25, 0.3) is 0 Å². The van der Waals surface area contributed by atoms with Gasteiger partial charge in [0, 0.05) is 12.2 Å². The first kappa shape index (κ1) is 23.9. The number of amides is 1. The van der Waals surface area contributed by atoms with Gasteiger partial charge in [0.05, 0.1) is 5.75 Å². The highest BCUT2D eigenvalue weighted by Crippen LogP contribution is 2.24. The molecule has 0 aliphatic carbocycles. The number of rotatable bonds is 11. The number of hydrogen-bond acceptors (Lipinski definition) is 5. The molecule has 32 heavy (non-hydrogen) atoms. The number of aromatic nitrogens is 3. The molecule has 3 aromatic rings. The molecule has 1 aromatic heterocycles. The Morgan fingerprint density at radius 3 is 2.25 bits per heavy atom. The molecule has 170 valence electrons. The topological polar surface area (TPSA) is 69.0 Å². The Morgan fingerprint density at radius 1 is 0.969 bits per heavy atom. The maximum atomic E-state index is 12.7. The number of nitrogens with one attached hydrogen (secondary N) is 1. The van der Waals surface area contributed by atoms with Gasteiger partial charge in [0.2, 0.25) is 5.91 Å². The fraction of sp³-hybridized carbons (Fsp3) is 0.400. The van der Waals surface area contributed by atoms with Gasteiger partial charge in [-0.15, -0.1) is 10.2 Å². The lowest BCUT2D eigenvalue weighted by Crippen LogP contribution is -2.17. The van der Waals surface area contributed by atoms with Crippen molar-refractivity contribution in [2.24, 2.45) is 0 Å². The predicted octanol–water partition coefficient (Wildman–Crippen LogP) is 5.30. The second-order valence-corrected chi connectivity index (χ2v) is 8.37. The number of thioether (sulfide) groups is 1. The van der Waals surface area contributed by atoms with E-state index >= 15 is 0 Å². The minimum atomic E-state index is -0.0370. The van der Waals surface area contributed by atoms with Crippen molar-refractivity contribution in [2.45, 2.75) is 65.3 Å². The fourth-order valence-electron chi connectivity index (χ4n) is 3.53. The molecule has 0 bridgehead atoms. The number of carbonyl (C=O) groups excluding carboxylic acids is 1. The lowest BCUT2D eigenvalue weighted by molar-refractivity contribution is -0.113. The number of para-hydroxylation sites is 1. The molecule has 0 fully saturated rings. The minimum absolute atomic E-state index is 0.0370. The van der Waals surface area contributed by atoms with Crippen molar-refractivity contribution in [2.75, 3.05) is 11.1 Å². The number of carbonyl (C=O) groups is 1. The lowest BCUT2D eigenvalue weighted by atomic mass is 10.0. The van der Waals surface area contributed by atoms with E-state index in [4.69, 9.17) is 4.74 Å². The van der Waals surface area contributed by atoms with Crippen LogP contribution < -0.4 is 10.1 Å². The Bertz CT molecular complexity index is 1010. The number of anilines is 1. The van der Waals surface area contributed by atoms with Crippen LogP contribution in [0.5, 0.6) is 5.75 Å². The van der Waals surface area contributed by atoms with Gasteiger partial charge in [-0.2, -0.15) is 0 Å². The number of benzene rings is 2. The summed E-state index contributed by atoms with van der Waals surface area (Å²) in [5, 5.41) is 12.4. The number of nitrogens with zero attached hydrogens (tertiary/aromatic N) is 3. The zero-order chi connectivity index (χ0) is 22.9. The first-order chi connectivity index (χ1) is 15.6. The van der Waals surface area contributed by atoms with Crippen LogP contribution in [-0.2, 0) is 37.2 Å². The monoisotopic (exact) mass is 452 g/mol. The van der Waals surface area contributed by atoms with E-state index in [1.807, 2.05) is 29.7 Å². The molecule has 1 heterocycles. The van der Waals surface area contributed by atoms with Crippen LogP contribution in [0.2, 0.25) is 0 Å². The summed E-state index contributed by atoms with van der Waals surface area (Å²) in [6.45, 7) is 9.42. The average molecular weight is 453 g/mol. The average Bonchev–Trinajstić information content (AvgIpc) is 3.23. The first-order valence-corrected chi connectivity index (χ1v) is 12.2. The molecule has 0 radical (unpaired) electrons. The highest BCUT2D eigenvalue weighted by molar-refractivity contribution is 7.99. The van der Waals surface area contributed by atoms with Gasteiger partial charge in [-0.1, -0.05) is 62.9 Å². The van der Waals surface area contributed by atoms with E-state index in [9.17, 15) is 4.79 Å². The molecular formula is C25H32N4O2S. The summed E-state index contributed by atoms with van der Waals surface area (Å²) in [5.41, 5.74) is 4.54. The van der Waals surface area contributed by atoms with Crippen LogP contribution in [0.15, 0.2) is 47.6 Å². The summed E-state index contributed by atoms with van der Waals surface area (Å²) >= 11 is 1.40. The number of ether oxygens (including phenoxy) is 1. The van der Waals surface area contributed by atoms with Gasteiger partial charge in [-0.05, 0) is 55.0 Å². The molecule has 0 saturated heterocycles. The van der Waals surface area contributed by atoms with Gasteiger partial charge >= 0.3 is 0 Å². The number of aryl methyl sites for hydroxylation is 3. The standard InChI is InChI=1S/C25H32N4O2S/c1-5-18-12-14-21(15-13-18)31-16-22-27-28-25(29(22)8-4)32-17-23(30)26-24-19(6-2)10-9-11-20(24)7-3/h9-15H,5-8,16-17H2,1-4H3,(H,26,30). The second-order valence-electron chi connectivity index (χ2n) is 7.42. The predicted molar refractivity (Wildman–Crippen MR) is 130 cm³/mol. The van der Waals surface area contributed by atoms with E-state index in [0.717, 1.165) is 52.8 Å². The Balaban J connectivity index is 1.61. The van der Waals surface area contributed by atoms with Crippen LogP contribution in [-0.4, -0.2) is 26.4 Å². The summed E-state index contributed by atoms with van der Waals surface area (Å²) < 4.78 is 7.89. The van der Waals surface area contributed by atoms with E-state index in [1.165, 1.54) is 17.3 Å². The van der Waals surface area contributed by atoms with Crippen molar-refractivity contribution in [1.29, 1.82) is 0 Å². The summed E-state index contributed by atoms with van der Waals surface area (Å²) in [5.74, 6) is 1.80. The summed E-state index contributed by atoms with van der Waals surface area (Å²) in [6.07, 6.45) is 2.76. The van der Waals surface area contributed by atoms with E-state index in [0.29, 0.717) is 13.2 Å². The maximum absolute atomic E-state index is 12.7. The van der Waals surface area contributed by atoms with Crippen molar-refractivity contribution in [1.82, 2.24) is 14.8 Å². The van der Waals surface area contributed by atoms with Crippen LogP contribution >= 0.6 is 11.8 Å². The summed E-state index contributed by atoms with van der Waals surface area (Å²) in [6, 6.07) is 14.3. The van der Waals surface area contributed by atoms with Gasteiger partial charge in [-0.3, -0.25) is 4.79 Å². The zero-order valence-electron chi connectivity index (χ0n) is 19.4. The smallest absolute Gasteiger partial charge is 0.234 e. The SMILES string of the molecule is CCc1ccc(OCc2nnc(SCC(=O)Nc3c(CC)cccc3CC)n2CC)cc1. The van der Waals surface area contributed by atoms with E-state index in [2.05, 4.69) is 60.6 Å². The molecule has 0 atom stereocenters. The van der Waals surface area contributed by atoms with Gasteiger partial charge < -0.3 is 14.6 Å². The summed E-state index contributed by atoms with van der Waals surface area (Å²) in [4.78, 5) is 12.7. The number of hydrogen-bond donors (Lipinski definition) is 1. The van der Waals surface area contributed by atoms with Crippen LogP contribution in [0, 0.1) is 0 Å². The normalized spacial score (nSPS) is 10.9.